The minimum Gasteiger partial charge on any atom is -0.465 e. The third-order valence-electron chi connectivity index (χ3n) is 9.23. The van der Waals surface area contributed by atoms with Crippen molar-refractivity contribution in [3.63, 3.8) is 0 Å². The van der Waals surface area contributed by atoms with Crippen LogP contribution in [0.4, 0.5) is 9.59 Å². The normalized spacial score (nSPS) is 14.0. The molecular formula is C44H78N4O9. The summed E-state index contributed by atoms with van der Waals surface area (Å²) in [6.45, 7) is 31.6. The lowest BCUT2D eigenvalue weighted by molar-refractivity contribution is -0.157. The van der Waals surface area contributed by atoms with Gasteiger partial charge in [-0.25, -0.2) is 23.9 Å². The van der Waals surface area contributed by atoms with E-state index in [0.29, 0.717) is 0 Å². The van der Waals surface area contributed by atoms with Crippen LogP contribution in [0.15, 0.2) is 12.4 Å². The van der Waals surface area contributed by atoms with Crippen LogP contribution in [0.5, 0.6) is 0 Å². The molecule has 0 fully saturated rings. The molecule has 13 heteroatoms. The monoisotopic (exact) mass is 807 g/mol. The fourth-order valence-corrected chi connectivity index (χ4v) is 7.32. The molecule has 0 spiro atoms. The van der Waals surface area contributed by atoms with Crippen molar-refractivity contribution >= 4 is 30.0 Å². The van der Waals surface area contributed by atoms with Crippen molar-refractivity contribution in [2.45, 2.75) is 198 Å². The first-order valence-electron chi connectivity index (χ1n) is 20.8. The van der Waals surface area contributed by atoms with E-state index in [-0.39, 0.29) is 41.7 Å². The van der Waals surface area contributed by atoms with Crippen LogP contribution < -0.4 is 10.6 Å². The number of esters is 2. The van der Waals surface area contributed by atoms with Crippen LogP contribution in [0.3, 0.4) is 0 Å². The van der Waals surface area contributed by atoms with Gasteiger partial charge in [0.1, 0.15) is 29.1 Å². The number of nitrogens with zero attached hydrogens (tertiary/aromatic N) is 2. The zero-order chi connectivity index (χ0) is 44.0. The Bertz CT molecular complexity index is 1460. The fraction of sp³-hybridized carbons (Fsp3) is 0.818. The maximum atomic E-state index is 14.1. The second kappa shape index (κ2) is 21.4. The Morgan fingerprint density at radius 2 is 1.16 bits per heavy atom. The summed E-state index contributed by atoms with van der Waals surface area (Å²) in [5.74, 6) is -2.22. The summed E-state index contributed by atoms with van der Waals surface area (Å²) in [6.07, 6.45) is 8.36. The van der Waals surface area contributed by atoms with Crippen molar-refractivity contribution < 1.29 is 42.9 Å². The van der Waals surface area contributed by atoms with E-state index >= 15 is 0 Å². The van der Waals surface area contributed by atoms with Gasteiger partial charge < -0.3 is 29.6 Å². The van der Waals surface area contributed by atoms with Crippen molar-refractivity contribution in [3.8, 4) is 0 Å². The number of unbranched alkanes of at least 4 members (excludes halogenated alkanes) is 2. The molecule has 2 amide bonds. The molecule has 1 heterocycles. The van der Waals surface area contributed by atoms with Crippen LogP contribution in [-0.2, 0) is 39.8 Å². The number of carbonyl (C=O) groups is 5. The van der Waals surface area contributed by atoms with E-state index in [0.717, 1.165) is 55.9 Å². The molecule has 0 aliphatic rings. The number of imidazole rings is 1. The summed E-state index contributed by atoms with van der Waals surface area (Å²) in [4.78, 5) is 71.8. The number of ether oxygens (including phenoxy) is 4. The molecule has 0 aliphatic heterocycles. The molecule has 0 radical (unpaired) electrons. The summed E-state index contributed by atoms with van der Waals surface area (Å²) < 4.78 is 23.7. The highest BCUT2D eigenvalue weighted by atomic mass is 16.6. The largest absolute Gasteiger partial charge is 0.465 e. The quantitative estimate of drug-likeness (QED) is 0.0852. The standard InChI is InChI=1S/C44H78N4O9/c1-17-19-21-41(9,10)27-43(13,14)29-54-34(49)26-32(36(51)55-30-44(15,16)28-42(11,12)22-20-18-2)46-35(50)31(47-37(52)56-39(3,4)5)25-33-45-23-24-48(33)38(53)57-40(6,7)8/h23-24,31-32H,17-22,25-30H2,1-16H3,(H,46,50)(H,47,52). The van der Waals surface area contributed by atoms with E-state index in [1.165, 1.54) is 12.4 Å². The lowest BCUT2D eigenvalue weighted by Gasteiger charge is -2.35. The second-order valence-corrected chi connectivity index (χ2v) is 20.8. The van der Waals surface area contributed by atoms with Gasteiger partial charge in [-0.05, 0) is 88.9 Å². The van der Waals surface area contributed by atoms with Gasteiger partial charge in [0.15, 0.2) is 0 Å². The maximum Gasteiger partial charge on any atom is 0.419 e. The summed E-state index contributed by atoms with van der Waals surface area (Å²) in [6, 6.07) is -2.85. The highest BCUT2D eigenvalue weighted by Crippen LogP contribution is 2.39. The smallest absolute Gasteiger partial charge is 0.419 e. The van der Waals surface area contributed by atoms with Gasteiger partial charge in [-0.15, -0.1) is 0 Å². The summed E-state index contributed by atoms with van der Waals surface area (Å²) in [7, 11) is 0. The van der Waals surface area contributed by atoms with E-state index in [1.54, 1.807) is 41.5 Å². The average Bonchev–Trinajstić information content (AvgIpc) is 3.49. The summed E-state index contributed by atoms with van der Waals surface area (Å²) >= 11 is 0. The van der Waals surface area contributed by atoms with E-state index in [9.17, 15) is 24.0 Å². The Hall–Kier alpha value is -3.64. The highest BCUT2D eigenvalue weighted by Gasteiger charge is 2.36. The number of amides is 2. The van der Waals surface area contributed by atoms with Crippen LogP contribution in [-0.4, -0.2) is 76.1 Å². The molecule has 1 aromatic rings. The number of aromatic nitrogens is 2. The predicted octanol–water partition coefficient (Wildman–Crippen LogP) is 9.33. The molecule has 1 aromatic heterocycles. The molecule has 1 rings (SSSR count). The van der Waals surface area contributed by atoms with Crippen molar-refractivity contribution in [1.82, 2.24) is 20.2 Å². The molecule has 2 atom stereocenters. The first-order valence-corrected chi connectivity index (χ1v) is 20.8. The highest BCUT2D eigenvalue weighted by molar-refractivity contribution is 5.91. The Morgan fingerprint density at radius 1 is 0.667 bits per heavy atom. The van der Waals surface area contributed by atoms with Gasteiger partial charge in [0.25, 0.3) is 0 Å². The molecule has 57 heavy (non-hydrogen) atoms. The molecule has 0 saturated heterocycles. The van der Waals surface area contributed by atoms with Gasteiger partial charge in [0.05, 0.1) is 19.6 Å². The van der Waals surface area contributed by atoms with Crippen molar-refractivity contribution in [1.29, 1.82) is 0 Å². The van der Waals surface area contributed by atoms with Crippen LogP contribution in [0.25, 0.3) is 0 Å². The molecule has 0 aromatic carbocycles. The fourth-order valence-electron chi connectivity index (χ4n) is 7.32. The lowest BCUT2D eigenvalue weighted by atomic mass is 9.73. The van der Waals surface area contributed by atoms with Gasteiger partial charge in [0, 0.05) is 18.8 Å². The minimum absolute atomic E-state index is 0.00675. The van der Waals surface area contributed by atoms with Crippen LogP contribution in [0.1, 0.15) is 174 Å². The molecule has 0 saturated carbocycles. The summed E-state index contributed by atoms with van der Waals surface area (Å²) in [5.41, 5.74) is -2.42. The Kier molecular flexibility index (Phi) is 19.3. The second-order valence-electron chi connectivity index (χ2n) is 20.8. The number of nitrogens with one attached hydrogen (secondary N) is 2. The zero-order valence-corrected chi connectivity index (χ0v) is 38.4. The van der Waals surface area contributed by atoms with E-state index in [1.807, 2.05) is 27.7 Å². The molecule has 0 aliphatic carbocycles. The molecule has 13 nitrogen and oxygen atoms in total. The first kappa shape index (κ1) is 51.4. The average molecular weight is 807 g/mol. The minimum atomic E-state index is -1.45. The molecular weight excluding hydrogens is 729 g/mol. The van der Waals surface area contributed by atoms with Gasteiger partial charge >= 0.3 is 24.1 Å². The van der Waals surface area contributed by atoms with Crippen LogP contribution >= 0.6 is 0 Å². The number of carbonyl (C=O) groups excluding carboxylic acids is 5. The topological polar surface area (TPSA) is 164 Å². The van der Waals surface area contributed by atoms with Gasteiger partial charge in [-0.3, -0.25) is 9.59 Å². The maximum absolute atomic E-state index is 14.1. The van der Waals surface area contributed by atoms with Gasteiger partial charge in [-0.2, -0.15) is 0 Å². The summed E-state index contributed by atoms with van der Waals surface area (Å²) in [5, 5.41) is 5.21. The van der Waals surface area contributed by atoms with Crippen molar-refractivity contribution in [2.75, 3.05) is 13.2 Å². The first-order chi connectivity index (χ1) is 25.9. The number of hydrogen-bond acceptors (Lipinski definition) is 10. The predicted molar refractivity (Wildman–Crippen MR) is 223 cm³/mol. The molecule has 328 valence electrons. The van der Waals surface area contributed by atoms with Crippen molar-refractivity contribution in [3.05, 3.63) is 18.2 Å². The van der Waals surface area contributed by atoms with Gasteiger partial charge in [0.2, 0.25) is 5.91 Å². The Balaban J connectivity index is 3.44. The number of rotatable bonds is 22. The van der Waals surface area contributed by atoms with Crippen molar-refractivity contribution in [2.24, 2.45) is 21.7 Å². The number of hydrogen-bond donors (Lipinski definition) is 2. The Morgan fingerprint density at radius 3 is 1.63 bits per heavy atom. The molecule has 2 unspecified atom stereocenters. The molecule has 0 bridgehead atoms. The van der Waals surface area contributed by atoms with E-state index in [4.69, 9.17) is 18.9 Å². The zero-order valence-electron chi connectivity index (χ0n) is 38.4. The lowest BCUT2D eigenvalue weighted by Crippen LogP contribution is -2.54. The van der Waals surface area contributed by atoms with E-state index < -0.39 is 65.2 Å². The third-order valence-corrected chi connectivity index (χ3v) is 9.23. The SMILES string of the molecule is CCCCC(C)(C)CC(C)(C)COC(=O)CC(NC(=O)C(Cc1nccn1C(=O)OC(C)(C)C)NC(=O)OC(C)(C)C)C(=O)OCC(C)(C)CC(C)(C)CCCC. The number of alkyl carbamates (subject to hydrolysis) is 1. The third kappa shape index (κ3) is 21.6. The van der Waals surface area contributed by atoms with Crippen LogP contribution in [0.2, 0.25) is 0 Å². The van der Waals surface area contributed by atoms with Gasteiger partial charge in [-0.1, -0.05) is 94.9 Å². The Labute approximate surface area is 343 Å². The molecule has 2 N–H and O–H groups in total. The van der Waals surface area contributed by atoms with E-state index in [2.05, 4.69) is 57.2 Å². The van der Waals surface area contributed by atoms with Crippen LogP contribution in [0, 0.1) is 21.7 Å².